The van der Waals surface area contributed by atoms with Crippen LogP contribution in [-0.2, 0) is 11.3 Å². The first-order valence-electron chi connectivity index (χ1n) is 6.38. The molecule has 2 aliphatic rings. The number of anilines is 1. The van der Waals surface area contributed by atoms with Gasteiger partial charge in [0.15, 0.2) is 0 Å². The van der Waals surface area contributed by atoms with Crippen LogP contribution in [0.25, 0.3) is 0 Å². The Kier molecular flexibility index (Phi) is 2.63. The van der Waals surface area contributed by atoms with Crippen LogP contribution in [0.1, 0.15) is 26.2 Å². The second kappa shape index (κ2) is 4.14. The molecule has 0 spiro atoms. The van der Waals surface area contributed by atoms with Crippen LogP contribution < -0.4 is 10.2 Å². The number of amides is 1. The SMILES string of the molecule is CCn1cc(N2CCC(NC3CC3)C2=O)cn1. The molecule has 5 nitrogen and oxygen atoms in total. The molecule has 0 radical (unpaired) electrons. The van der Waals surface area contributed by atoms with Crippen LogP contribution in [0.5, 0.6) is 0 Å². The van der Waals surface area contributed by atoms with Crippen LogP contribution in [0, 0.1) is 0 Å². The summed E-state index contributed by atoms with van der Waals surface area (Å²) in [6, 6.07) is 0.606. The van der Waals surface area contributed by atoms with Crippen LogP contribution >= 0.6 is 0 Å². The first-order chi connectivity index (χ1) is 8.28. The summed E-state index contributed by atoms with van der Waals surface area (Å²) in [6.45, 7) is 3.68. The number of rotatable bonds is 4. The monoisotopic (exact) mass is 234 g/mol. The average molecular weight is 234 g/mol. The third-order valence-electron chi connectivity index (χ3n) is 3.48. The zero-order valence-corrected chi connectivity index (χ0v) is 10.1. The Morgan fingerprint density at radius 1 is 1.47 bits per heavy atom. The van der Waals surface area contributed by atoms with Crippen LogP contribution in [0.15, 0.2) is 12.4 Å². The Hall–Kier alpha value is -1.36. The van der Waals surface area contributed by atoms with Gasteiger partial charge in [-0.15, -0.1) is 0 Å². The number of carbonyl (C=O) groups excluding carboxylic acids is 1. The summed E-state index contributed by atoms with van der Waals surface area (Å²) < 4.78 is 1.85. The molecular weight excluding hydrogens is 216 g/mol. The van der Waals surface area contributed by atoms with Gasteiger partial charge in [0.25, 0.3) is 0 Å². The molecule has 0 aromatic carbocycles. The number of aromatic nitrogens is 2. The standard InChI is InChI=1S/C12H18N4O/c1-2-15-8-10(7-13-15)16-6-5-11(12(16)17)14-9-3-4-9/h7-9,11,14H,2-6H2,1H3. The van der Waals surface area contributed by atoms with Gasteiger partial charge in [-0.25, -0.2) is 0 Å². The van der Waals surface area contributed by atoms with Gasteiger partial charge in [0, 0.05) is 25.3 Å². The molecule has 1 aliphatic carbocycles. The summed E-state index contributed by atoms with van der Waals surface area (Å²) >= 11 is 0. The maximum atomic E-state index is 12.2. The minimum absolute atomic E-state index is 0.0208. The van der Waals surface area contributed by atoms with Crippen LogP contribution in [0.2, 0.25) is 0 Å². The molecule has 2 fully saturated rings. The van der Waals surface area contributed by atoms with E-state index in [1.54, 1.807) is 6.20 Å². The van der Waals surface area contributed by atoms with Crippen molar-refractivity contribution in [3.8, 4) is 0 Å². The minimum atomic E-state index is 0.0208. The van der Waals surface area contributed by atoms with Crippen molar-refractivity contribution >= 4 is 11.6 Å². The summed E-state index contributed by atoms with van der Waals surface area (Å²) in [4.78, 5) is 14.0. The Bertz CT molecular complexity index is 424. The van der Waals surface area contributed by atoms with E-state index in [1.165, 1.54) is 12.8 Å². The van der Waals surface area contributed by atoms with E-state index >= 15 is 0 Å². The zero-order valence-electron chi connectivity index (χ0n) is 10.1. The third kappa shape index (κ3) is 2.07. The van der Waals surface area contributed by atoms with Gasteiger partial charge < -0.3 is 10.2 Å². The molecule has 17 heavy (non-hydrogen) atoms. The maximum absolute atomic E-state index is 12.2. The molecule has 1 saturated heterocycles. The van der Waals surface area contributed by atoms with Gasteiger partial charge >= 0.3 is 0 Å². The zero-order chi connectivity index (χ0) is 11.8. The highest BCUT2D eigenvalue weighted by molar-refractivity contribution is 5.99. The Morgan fingerprint density at radius 2 is 2.29 bits per heavy atom. The molecular formula is C12H18N4O. The van der Waals surface area contributed by atoms with Crippen molar-refractivity contribution < 1.29 is 4.79 Å². The number of hydrogen-bond acceptors (Lipinski definition) is 3. The second-order valence-corrected chi connectivity index (χ2v) is 4.83. The maximum Gasteiger partial charge on any atom is 0.244 e. The van der Waals surface area contributed by atoms with Crippen LogP contribution in [-0.4, -0.2) is 34.3 Å². The van der Waals surface area contributed by atoms with Crippen molar-refractivity contribution in [2.45, 2.75) is 44.8 Å². The normalized spacial score (nSPS) is 24.6. The average Bonchev–Trinajstić information content (AvgIpc) is 2.89. The van der Waals surface area contributed by atoms with E-state index in [1.807, 2.05) is 22.7 Å². The fourth-order valence-corrected chi connectivity index (χ4v) is 2.29. The van der Waals surface area contributed by atoms with Crippen LogP contribution in [0.3, 0.4) is 0 Å². The minimum Gasteiger partial charge on any atom is -0.308 e. The molecule has 1 aliphatic heterocycles. The molecule has 1 aromatic heterocycles. The third-order valence-corrected chi connectivity index (χ3v) is 3.48. The van der Waals surface area contributed by atoms with Crippen molar-refractivity contribution in [2.24, 2.45) is 0 Å². The predicted molar refractivity (Wildman–Crippen MR) is 64.8 cm³/mol. The lowest BCUT2D eigenvalue weighted by atomic mass is 10.2. The highest BCUT2D eigenvalue weighted by Crippen LogP contribution is 2.25. The summed E-state index contributed by atoms with van der Waals surface area (Å²) in [6.07, 6.45) is 7.07. The lowest BCUT2D eigenvalue weighted by Crippen LogP contribution is -2.39. The molecule has 1 unspecified atom stereocenters. The van der Waals surface area contributed by atoms with Crippen molar-refractivity contribution in [3.63, 3.8) is 0 Å². The van der Waals surface area contributed by atoms with E-state index in [9.17, 15) is 4.79 Å². The molecule has 5 heteroatoms. The van der Waals surface area contributed by atoms with E-state index in [0.717, 1.165) is 25.2 Å². The smallest absolute Gasteiger partial charge is 0.244 e. The molecule has 1 amide bonds. The molecule has 2 heterocycles. The van der Waals surface area contributed by atoms with E-state index in [2.05, 4.69) is 10.4 Å². The number of carbonyl (C=O) groups is 1. The number of hydrogen-bond donors (Lipinski definition) is 1. The van der Waals surface area contributed by atoms with E-state index in [4.69, 9.17) is 0 Å². The molecule has 1 saturated carbocycles. The highest BCUT2D eigenvalue weighted by Gasteiger charge is 2.36. The summed E-state index contributed by atoms with van der Waals surface area (Å²) in [5.41, 5.74) is 0.928. The van der Waals surface area contributed by atoms with Gasteiger partial charge in [0.05, 0.1) is 17.9 Å². The predicted octanol–water partition coefficient (Wildman–Crippen LogP) is 0.760. The number of nitrogens with zero attached hydrogens (tertiary/aromatic N) is 3. The topological polar surface area (TPSA) is 50.2 Å². The quantitative estimate of drug-likeness (QED) is 0.836. The summed E-state index contributed by atoms with van der Waals surface area (Å²) in [7, 11) is 0. The van der Waals surface area contributed by atoms with Gasteiger partial charge in [0.2, 0.25) is 5.91 Å². The lowest BCUT2D eigenvalue weighted by Gasteiger charge is -2.14. The molecule has 1 atom stereocenters. The number of nitrogens with one attached hydrogen (secondary N) is 1. The lowest BCUT2D eigenvalue weighted by molar-refractivity contribution is -0.118. The van der Waals surface area contributed by atoms with Crippen LogP contribution in [0.4, 0.5) is 5.69 Å². The summed E-state index contributed by atoms with van der Waals surface area (Å²) in [5.74, 6) is 0.201. The molecule has 3 rings (SSSR count). The van der Waals surface area contributed by atoms with E-state index < -0.39 is 0 Å². The molecule has 92 valence electrons. The van der Waals surface area contributed by atoms with Gasteiger partial charge in [-0.3, -0.25) is 9.48 Å². The van der Waals surface area contributed by atoms with E-state index in [0.29, 0.717) is 6.04 Å². The first-order valence-corrected chi connectivity index (χ1v) is 6.38. The Morgan fingerprint density at radius 3 is 2.94 bits per heavy atom. The van der Waals surface area contributed by atoms with Crippen molar-refractivity contribution in [2.75, 3.05) is 11.4 Å². The largest absolute Gasteiger partial charge is 0.308 e. The van der Waals surface area contributed by atoms with Gasteiger partial charge in [-0.05, 0) is 26.2 Å². The Labute approximate surface area is 101 Å². The van der Waals surface area contributed by atoms with Gasteiger partial charge in [-0.2, -0.15) is 5.10 Å². The van der Waals surface area contributed by atoms with Crippen molar-refractivity contribution in [3.05, 3.63) is 12.4 Å². The molecule has 0 bridgehead atoms. The highest BCUT2D eigenvalue weighted by atomic mass is 16.2. The van der Waals surface area contributed by atoms with Gasteiger partial charge in [0.1, 0.15) is 0 Å². The molecule has 1 N–H and O–H groups in total. The fourth-order valence-electron chi connectivity index (χ4n) is 2.29. The summed E-state index contributed by atoms with van der Waals surface area (Å²) in [5, 5.41) is 7.62. The van der Waals surface area contributed by atoms with E-state index in [-0.39, 0.29) is 11.9 Å². The second-order valence-electron chi connectivity index (χ2n) is 4.83. The van der Waals surface area contributed by atoms with Crippen molar-refractivity contribution in [1.82, 2.24) is 15.1 Å². The first kappa shape index (κ1) is 10.8. The van der Waals surface area contributed by atoms with Crippen molar-refractivity contribution in [1.29, 1.82) is 0 Å². The fraction of sp³-hybridized carbons (Fsp3) is 0.667. The molecule has 1 aromatic rings. The number of aryl methyl sites for hydroxylation is 1. The van der Waals surface area contributed by atoms with Gasteiger partial charge in [-0.1, -0.05) is 0 Å². The Balaban J connectivity index is 1.69.